The number of alkyl carbamates (subject to hydrolysis) is 1. The van der Waals surface area contributed by atoms with Gasteiger partial charge in [-0.3, -0.25) is 19.2 Å². The van der Waals surface area contributed by atoms with E-state index < -0.39 is 37.0 Å². The van der Waals surface area contributed by atoms with Gasteiger partial charge in [-0.2, -0.15) is 0 Å². The number of amides is 3. The van der Waals surface area contributed by atoms with Gasteiger partial charge >= 0.3 is 12.1 Å². The van der Waals surface area contributed by atoms with E-state index in [-0.39, 0.29) is 37.0 Å². The number of carbonyl (C=O) groups excluding carboxylic acids is 4. The molecule has 0 heterocycles. The van der Waals surface area contributed by atoms with Gasteiger partial charge in [-0.05, 0) is 36.1 Å². The number of benzene rings is 2. The van der Waals surface area contributed by atoms with E-state index in [1.807, 2.05) is 48.5 Å². The zero-order chi connectivity index (χ0) is 29.2. The number of rotatable bonds is 11. The molecule has 0 aliphatic heterocycles. The topological polar surface area (TPSA) is 133 Å². The smallest absolute Gasteiger partial charge is 0.407 e. The molecular formula is C30H31N3O7. The number of ether oxygens (including phenoxy) is 1. The molecule has 0 bridgehead atoms. The second kappa shape index (κ2) is 13.8. The van der Waals surface area contributed by atoms with Crippen LogP contribution >= 0.6 is 0 Å². The maximum absolute atomic E-state index is 12.9. The minimum Gasteiger partial charge on any atom is -0.480 e. The minimum absolute atomic E-state index is 0.0345. The molecule has 0 saturated heterocycles. The van der Waals surface area contributed by atoms with Crippen LogP contribution in [-0.2, 0) is 23.9 Å². The Hall–Kier alpha value is -4.91. The minimum atomic E-state index is -1.26. The van der Waals surface area contributed by atoms with Crippen molar-refractivity contribution in [2.24, 2.45) is 0 Å². The van der Waals surface area contributed by atoms with Crippen LogP contribution in [0.15, 0.2) is 60.3 Å². The van der Waals surface area contributed by atoms with E-state index in [1.165, 1.54) is 27.0 Å². The second-order valence-electron chi connectivity index (χ2n) is 9.08. The highest BCUT2D eigenvalue weighted by Crippen LogP contribution is 2.44. The molecule has 3 amide bonds. The normalized spacial score (nSPS) is 11.8. The molecule has 0 saturated carbocycles. The lowest BCUT2D eigenvalue weighted by Gasteiger charge is -2.24. The number of carboxylic acids is 1. The number of hydrogen-bond acceptors (Lipinski definition) is 6. The quantitative estimate of drug-likeness (QED) is 0.328. The van der Waals surface area contributed by atoms with Crippen molar-refractivity contribution >= 4 is 29.7 Å². The molecule has 2 N–H and O–H groups in total. The van der Waals surface area contributed by atoms with Crippen LogP contribution in [0.1, 0.15) is 37.8 Å². The summed E-state index contributed by atoms with van der Waals surface area (Å²) in [6.45, 7) is 2.76. The summed E-state index contributed by atoms with van der Waals surface area (Å²) in [7, 11) is 0. The van der Waals surface area contributed by atoms with Gasteiger partial charge in [-0.1, -0.05) is 54.5 Å². The van der Waals surface area contributed by atoms with Crippen molar-refractivity contribution in [3.8, 4) is 23.0 Å². The third-order valence-electron chi connectivity index (χ3n) is 6.31. The van der Waals surface area contributed by atoms with Crippen LogP contribution < -0.4 is 5.32 Å². The predicted octanol–water partition coefficient (Wildman–Crippen LogP) is 2.78. The lowest BCUT2D eigenvalue weighted by atomic mass is 9.98. The molecule has 10 nitrogen and oxygen atoms in total. The summed E-state index contributed by atoms with van der Waals surface area (Å²) in [6.07, 6.45) is 0.467. The van der Waals surface area contributed by atoms with E-state index in [2.05, 4.69) is 17.2 Å². The molecule has 1 aliphatic rings. The van der Waals surface area contributed by atoms with Crippen molar-refractivity contribution in [1.82, 2.24) is 15.1 Å². The van der Waals surface area contributed by atoms with Crippen molar-refractivity contribution in [2.75, 3.05) is 32.8 Å². The summed E-state index contributed by atoms with van der Waals surface area (Å²) in [6, 6.07) is 15.9. The molecule has 10 heteroatoms. The second-order valence-corrected chi connectivity index (χ2v) is 9.08. The van der Waals surface area contributed by atoms with Gasteiger partial charge in [0, 0.05) is 32.1 Å². The van der Waals surface area contributed by atoms with Crippen LogP contribution in [0.25, 0.3) is 11.1 Å². The van der Waals surface area contributed by atoms with E-state index in [4.69, 9.17) is 4.74 Å². The fourth-order valence-corrected chi connectivity index (χ4v) is 4.39. The summed E-state index contributed by atoms with van der Waals surface area (Å²) in [4.78, 5) is 62.6. The van der Waals surface area contributed by atoms with Crippen molar-refractivity contribution in [1.29, 1.82) is 0 Å². The number of ketones is 1. The van der Waals surface area contributed by atoms with Crippen LogP contribution in [0.2, 0.25) is 0 Å². The molecule has 0 spiro atoms. The zero-order valence-electron chi connectivity index (χ0n) is 22.6. The van der Waals surface area contributed by atoms with E-state index in [9.17, 15) is 29.1 Å². The van der Waals surface area contributed by atoms with Crippen LogP contribution in [-0.4, -0.2) is 77.4 Å². The van der Waals surface area contributed by atoms with Crippen molar-refractivity contribution < 1.29 is 33.8 Å². The highest BCUT2D eigenvalue weighted by molar-refractivity contribution is 5.98. The lowest BCUT2D eigenvalue weighted by Crippen LogP contribution is -2.45. The first-order chi connectivity index (χ1) is 19.1. The van der Waals surface area contributed by atoms with E-state index in [0.717, 1.165) is 32.1 Å². The molecule has 0 radical (unpaired) electrons. The fourth-order valence-electron chi connectivity index (χ4n) is 4.39. The molecule has 3 rings (SSSR count). The van der Waals surface area contributed by atoms with Crippen LogP contribution in [0, 0.1) is 11.8 Å². The Morgan fingerprint density at radius 2 is 1.57 bits per heavy atom. The summed E-state index contributed by atoms with van der Waals surface area (Å²) in [5.74, 6) is 2.17. The number of aliphatic carboxylic acids is 1. The lowest BCUT2D eigenvalue weighted by molar-refractivity contribution is -0.145. The van der Waals surface area contributed by atoms with E-state index >= 15 is 0 Å². The van der Waals surface area contributed by atoms with Gasteiger partial charge < -0.3 is 25.0 Å². The summed E-state index contributed by atoms with van der Waals surface area (Å²) < 4.78 is 5.47. The predicted molar refractivity (Wildman–Crippen MR) is 147 cm³/mol. The standard InChI is InChI=1S/C30H31N3O7/c1-4-9-22(20(2)34)16-33(21(3)35)17-28(36)32(18-29(37)38)15-14-31-30(39)40-19-27-25-12-7-5-10-23(25)24-11-6-8-13-26(24)27/h5-8,10-13,16,27H,14-15,17-19H2,1-3H3,(H,31,39)(H,37,38)/b22-16-. The molecular weight excluding hydrogens is 514 g/mol. The highest BCUT2D eigenvalue weighted by atomic mass is 16.5. The van der Waals surface area contributed by atoms with Gasteiger partial charge in [0.05, 0.1) is 5.57 Å². The Morgan fingerprint density at radius 3 is 2.10 bits per heavy atom. The molecule has 208 valence electrons. The highest BCUT2D eigenvalue weighted by Gasteiger charge is 2.29. The van der Waals surface area contributed by atoms with E-state index in [1.54, 1.807) is 0 Å². The SMILES string of the molecule is CC#C/C(=C/N(CC(=O)N(CCNC(=O)OCC1c2ccccc2-c2ccccc21)CC(=O)O)C(C)=O)C(C)=O. The number of Topliss-reactive ketones (excluding diaryl/α,β-unsaturated/α-hetero) is 1. The number of allylic oxidation sites excluding steroid dienone is 1. The molecule has 2 aromatic rings. The first-order valence-electron chi connectivity index (χ1n) is 12.6. The maximum Gasteiger partial charge on any atom is 0.407 e. The van der Waals surface area contributed by atoms with Crippen LogP contribution in [0.4, 0.5) is 4.79 Å². The van der Waals surface area contributed by atoms with Crippen molar-refractivity contribution in [3.05, 3.63) is 71.4 Å². The Morgan fingerprint density at radius 1 is 0.975 bits per heavy atom. The molecule has 2 aromatic carbocycles. The summed E-state index contributed by atoms with van der Waals surface area (Å²) in [5, 5.41) is 11.8. The van der Waals surface area contributed by atoms with Gasteiger partial charge in [0.25, 0.3) is 0 Å². The third kappa shape index (κ3) is 7.57. The average Bonchev–Trinajstić information content (AvgIpc) is 3.23. The molecule has 0 aromatic heterocycles. The zero-order valence-corrected chi connectivity index (χ0v) is 22.6. The monoisotopic (exact) mass is 545 g/mol. The first kappa shape index (κ1) is 29.6. The third-order valence-corrected chi connectivity index (χ3v) is 6.31. The average molecular weight is 546 g/mol. The number of carboxylic acid groups (broad SMARTS) is 1. The Kier molecular flexibility index (Phi) is 10.2. The maximum atomic E-state index is 12.9. The van der Waals surface area contributed by atoms with Gasteiger partial charge in [0.2, 0.25) is 11.8 Å². The van der Waals surface area contributed by atoms with Crippen LogP contribution in [0.5, 0.6) is 0 Å². The number of nitrogens with zero attached hydrogens (tertiary/aromatic N) is 2. The summed E-state index contributed by atoms with van der Waals surface area (Å²) in [5.41, 5.74) is 4.36. The van der Waals surface area contributed by atoms with Gasteiger partial charge in [0.15, 0.2) is 5.78 Å². The fraction of sp³-hybridized carbons (Fsp3) is 0.300. The molecule has 0 unspecified atom stereocenters. The molecule has 0 fully saturated rings. The Labute approximate surface area is 232 Å². The number of nitrogens with one attached hydrogen (secondary N) is 1. The van der Waals surface area contributed by atoms with Gasteiger partial charge in [-0.25, -0.2) is 4.79 Å². The van der Waals surface area contributed by atoms with Crippen molar-refractivity contribution in [3.63, 3.8) is 0 Å². The number of hydrogen-bond donors (Lipinski definition) is 2. The first-order valence-corrected chi connectivity index (χ1v) is 12.6. The Balaban J connectivity index is 1.59. The van der Waals surface area contributed by atoms with Crippen molar-refractivity contribution in [2.45, 2.75) is 26.7 Å². The number of carbonyl (C=O) groups is 5. The number of fused-ring (bicyclic) bond motifs is 3. The molecule has 1 aliphatic carbocycles. The largest absolute Gasteiger partial charge is 0.480 e. The Bertz CT molecular complexity index is 1360. The van der Waals surface area contributed by atoms with E-state index in [0.29, 0.717) is 0 Å². The summed E-state index contributed by atoms with van der Waals surface area (Å²) >= 11 is 0. The van der Waals surface area contributed by atoms with Gasteiger partial charge in [0.1, 0.15) is 19.7 Å². The van der Waals surface area contributed by atoms with Crippen LogP contribution in [0.3, 0.4) is 0 Å². The molecule has 40 heavy (non-hydrogen) atoms. The van der Waals surface area contributed by atoms with Gasteiger partial charge in [-0.15, -0.1) is 5.92 Å². The molecule has 0 atom stereocenters.